The normalized spacial score (nSPS) is 23.0. The fourth-order valence-corrected chi connectivity index (χ4v) is 4.39. The maximum atomic E-state index is 12.5. The molecular weight excluding hydrogens is 328 g/mol. The van der Waals surface area contributed by atoms with Crippen LogP contribution in [0.15, 0.2) is 18.7 Å². The molecule has 140 valence electrons. The standard InChI is InChI=1S/C19H28N6O/c26-18(10-15-11-20-19-21-14-22-25(19)12-15)23-16-6-5-9-24(13-16)17-7-3-1-2-4-8-17/h11-12,14,16-17H,1-10,13H2,(H,23,26). The summed E-state index contributed by atoms with van der Waals surface area (Å²) in [4.78, 5) is 23.4. The number of hydrogen-bond acceptors (Lipinski definition) is 5. The molecule has 26 heavy (non-hydrogen) atoms. The highest BCUT2D eigenvalue weighted by atomic mass is 16.1. The Morgan fingerprint density at radius 1 is 1.12 bits per heavy atom. The monoisotopic (exact) mass is 356 g/mol. The highest BCUT2D eigenvalue weighted by Gasteiger charge is 2.27. The van der Waals surface area contributed by atoms with Crippen molar-refractivity contribution in [3.63, 3.8) is 0 Å². The van der Waals surface area contributed by atoms with Gasteiger partial charge in [0.25, 0.3) is 5.78 Å². The summed E-state index contributed by atoms with van der Waals surface area (Å²) >= 11 is 0. The van der Waals surface area contributed by atoms with E-state index in [1.165, 1.54) is 57.8 Å². The minimum Gasteiger partial charge on any atom is -0.352 e. The van der Waals surface area contributed by atoms with Crippen molar-refractivity contribution in [1.82, 2.24) is 29.8 Å². The largest absolute Gasteiger partial charge is 0.352 e. The van der Waals surface area contributed by atoms with Gasteiger partial charge in [0.2, 0.25) is 5.91 Å². The third-order valence-electron chi connectivity index (χ3n) is 5.71. The summed E-state index contributed by atoms with van der Waals surface area (Å²) in [5.74, 6) is 0.625. The molecule has 1 saturated heterocycles. The lowest BCUT2D eigenvalue weighted by atomic mass is 9.99. The molecule has 1 aliphatic carbocycles. The smallest absolute Gasteiger partial charge is 0.252 e. The van der Waals surface area contributed by atoms with Crippen molar-refractivity contribution in [2.75, 3.05) is 13.1 Å². The number of nitrogens with one attached hydrogen (secondary N) is 1. The van der Waals surface area contributed by atoms with Crippen LogP contribution in [-0.4, -0.2) is 55.6 Å². The molecule has 0 radical (unpaired) electrons. The average Bonchev–Trinajstić information content (AvgIpc) is 2.93. The van der Waals surface area contributed by atoms with Gasteiger partial charge in [-0.2, -0.15) is 10.1 Å². The van der Waals surface area contributed by atoms with Gasteiger partial charge in [0.05, 0.1) is 6.42 Å². The third-order valence-corrected chi connectivity index (χ3v) is 5.71. The van der Waals surface area contributed by atoms with Gasteiger partial charge in [-0.3, -0.25) is 9.69 Å². The second-order valence-electron chi connectivity index (χ2n) is 7.69. The molecule has 0 bridgehead atoms. The Morgan fingerprint density at radius 2 is 1.96 bits per heavy atom. The number of carbonyl (C=O) groups is 1. The van der Waals surface area contributed by atoms with Gasteiger partial charge in [-0.05, 0) is 37.8 Å². The highest BCUT2D eigenvalue weighted by Crippen LogP contribution is 2.24. The Hall–Kier alpha value is -2.02. The Balaban J connectivity index is 1.31. The SMILES string of the molecule is O=C(Cc1cnc2ncnn2c1)NC1CCCN(C2CCCCCC2)C1. The summed E-state index contributed by atoms with van der Waals surface area (Å²) in [5, 5.41) is 7.32. The Labute approximate surface area is 154 Å². The molecule has 7 heteroatoms. The van der Waals surface area contributed by atoms with Crippen molar-refractivity contribution in [2.45, 2.75) is 69.9 Å². The molecule has 2 aromatic heterocycles. The number of hydrogen-bond donors (Lipinski definition) is 1. The summed E-state index contributed by atoms with van der Waals surface area (Å²) in [6.45, 7) is 2.18. The minimum absolute atomic E-state index is 0.0685. The van der Waals surface area contributed by atoms with Gasteiger partial charge in [-0.15, -0.1) is 0 Å². The summed E-state index contributed by atoms with van der Waals surface area (Å²) < 4.78 is 1.61. The maximum Gasteiger partial charge on any atom is 0.252 e. The zero-order valence-corrected chi connectivity index (χ0v) is 15.3. The van der Waals surface area contributed by atoms with E-state index < -0.39 is 0 Å². The summed E-state index contributed by atoms with van der Waals surface area (Å²) in [6, 6.07) is 0.985. The van der Waals surface area contributed by atoms with Gasteiger partial charge in [0, 0.05) is 31.0 Å². The first kappa shape index (κ1) is 17.4. The number of nitrogens with zero attached hydrogens (tertiary/aromatic N) is 5. The van der Waals surface area contributed by atoms with Gasteiger partial charge in [0.15, 0.2) is 0 Å². The molecule has 4 rings (SSSR count). The van der Waals surface area contributed by atoms with Crippen LogP contribution in [0, 0.1) is 0 Å². The zero-order valence-electron chi connectivity index (χ0n) is 15.3. The number of amides is 1. The first-order chi connectivity index (χ1) is 12.8. The highest BCUT2D eigenvalue weighted by molar-refractivity contribution is 5.78. The quantitative estimate of drug-likeness (QED) is 0.848. The fraction of sp³-hybridized carbons (Fsp3) is 0.684. The molecular formula is C19H28N6O. The zero-order chi connectivity index (χ0) is 17.8. The predicted octanol–water partition coefficient (Wildman–Crippen LogP) is 1.97. The summed E-state index contributed by atoms with van der Waals surface area (Å²) in [6.07, 6.45) is 15.7. The fourth-order valence-electron chi connectivity index (χ4n) is 4.39. The van der Waals surface area contributed by atoms with Gasteiger partial charge in [-0.1, -0.05) is 25.7 Å². The minimum atomic E-state index is 0.0685. The van der Waals surface area contributed by atoms with Crippen LogP contribution in [0.2, 0.25) is 0 Å². The van der Waals surface area contributed by atoms with Crippen molar-refractivity contribution in [1.29, 1.82) is 0 Å². The molecule has 1 N–H and O–H groups in total. The molecule has 3 heterocycles. The van der Waals surface area contributed by atoms with Crippen LogP contribution in [-0.2, 0) is 11.2 Å². The van der Waals surface area contributed by atoms with E-state index in [2.05, 4.69) is 25.3 Å². The summed E-state index contributed by atoms with van der Waals surface area (Å²) in [7, 11) is 0. The number of piperidine rings is 1. The molecule has 1 unspecified atom stereocenters. The number of fused-ring (bicyclic) bond motifs is 1. The Morgan fingerprint density at radius 3 is 2.81 bits per heavy atom. The van der Waals surface area contributed by atoms with Gasteiger partial charge in [0.1, 0.15) is 6.33 Å². The molecule has 0 spiro atoms. The van der Waals surface area contributed by atoms with Gasteiger partial charge >= 0.3 is 0 Å². The molecule has 0 aromatic carbocycles. The number of likely N-dealkylation sites (tertiary alicyclic amines) is 1. The van der Waals surface area contributed by atoms with Crippen LogP contribution < -0.4 is 5.32 Å². The first-order valence-electron chi connectivity index (χ1n) is 9.95. The van der Waals surface area contributed by atoms with Crippen molar-refractivity contribution >= 4 is 11.7 Å². The molecule has 2 aromatic rings. The molecule has 1 atom stereocenters. The van der Waals surface area contributed by atoms with E-state index in [1.54, 1.807) is 10.7 Å². The lowest BCUT2D eigenvalue weighted by Gasteiger charge is -2.38. The van der Waals surface area contributed by atoms with Gasteiger partial charge < -0.3 is 5.32 Å². The van der Waals surface area contributed by atoms with Crippen LogP contribution >= 0.6 is 0 Å². The number of aromatic nitrogens is 4. The number of rotatable bonds is 4. The molecule has 1 aliphatic heterocycles. The Kier molecular flexibility index (Phi) is 5.43. The van der Waals surface area contributed by atoms with Crippen LogP contribution in [0.5, 0.6) is 0 Å². The topological polar surface area (TPSA) is 75.4 Å². The van der Waals surface area contributed by atoms with E-state index in [0.29, 0.717) is 12.2 Å². The molecule has 2 aliphatic rings. The number of carbonyl (C=O) groups excluding carboxylic acids is 1. The molecule has 1 saturated carbocycles. The lowest BCUT2D eigenvalue weighted by molar-refractivity contribution is -0.121. The van der Waals surface area contributed by atoms with E-state index >= 15 is 0 Å². The van der Waals surface area contributed by atoms with E-state index in [-0.39, 0.29) is 11.9 Å². The molecule has 2 fully saturated rings. The van der Waals surface area contributed by atoms with E-state index in [0.717, 1.165) is 24.6 Å². The maximum absolute atomic E-state index is 12.5. The first-order valence-corrected chi connectivity index (χ1v) is 9.95. The second-order valence-corrected chi connectivity index (χ2v) is 7.69. The van der Waals surface area contributed by atoms with Crippen molar-refractivity contribution in [3.05, 3.63) is 24.3 Å². The second kappa shape index (κ2) is 8.12. The van der Waals surface area contributed by atoms with Crippen molar-refractivity contribution in [2.24, 2.45) is 0 Å². The third kappa shape index (κ3) is 4.20. The molecule has 1 amide bonds. The predicted molar refractivity (Wildman–Crippen MR) is 98.7 cm³/mol. The van der Waals surface area contributed by atoms with Gasteiger partial charge in [-0.25, -0.2) is 9.50 Å². The van der Waals surface area contributed by atoms with Crippen LogP contribution in [0.25, 0.3) is 5.78 Å². The average molecular weight is 356 g/mol. The lowest BCUT2D eigenvalue weighted by Crippen LogP contribution is -2.51. The van der Waals surface area contributed by atoms with Crippen molar-refractivity contribution in [3.8, 4) is 0 Å². The van der Waals surface area contributed by atoms with Crippen LogP contribution in [0.4, 0.5) is 0 Å². The van der Waals surface area contributed by atoms with E-state index in [1.807, 2.05) is 6.20 Å². The van der Waals surface area contributed by atoms with Crippen LogP contribution in [0.3, 0.4) is 0 Å². The van der Waals surface area contributed by atoms with E-state index in [4.69, 9.17) is 0 Å². The van der Waals surface area contributed by atoms with E-state index in [9.17, 15) is 4.79 Å². The summed E-state index contributed by atoms with van der Waals surface area (Å²) in [5.41, 5.74) is 0.858. The van der Waals surface area contributed by atoms with Crippen LogP contribution in [0.1, 0.15) is 56.9 Å². The molecule has 7 nitrogen and oxygen atoms in total. The van der Waals surface area contributed by atoms with Crippen molar-refractivity contribution < 1.29 is 4.79 Å². The Bertz CT molecular complexity index is 736.